The highest BCUT2D eigenvalue weighted by Gasteiger charge is 2.50. The summed E-state index contributed by atoms with van der Waals surface area (Å²) in [5.41, 5.74) is 3.45. The Kier molecular flexibility index (Phi) is 41.4. The zero-order valence-electron chi connectivity index (χ0n) is 64.4. The Hall–Kier alpha value is -6.50. The Morgan fingerprint density at radius 2 is 0.931 bits per heavy atom. The number of methoxy groups -OCH3 is 2. The summed E-state index contributed by atoms with van der Waals surface area (Å²) in [5, 5.41) is 21.6. The first-order chi connectivity index (χ1) is 52.6. The molecule has 0 aliphatic carbocycles. The Balaban J connectivity index is 0.000000453. The van der Waals surface area contributed by atoms with Crippen molar-refractivity contribution in [3.63, 3.8) is 0 Å². The molecule has 0 aromatic heterocycles. The number of likely N-dealkylation sites (tertiary alicyclic amines) is 1. The molecule has 4 aliphatic heterocycles. The van der Waals surface area contributed by atoms with Crippen LogP contribution in [0.15, 0.2) is 176 Å². The molecule has 7 aromatic rings. The number of carbonyl (C=O) groups is 5. The van der Waals surface area contributed by atoms with Gasteiger partial charge in [-0.25, -0.2) is 14.4 Å². The molecule has 4 aliphatic rings. The SMILES string of the molecule is C=CC[C@@](CN(C)C(=O)CC(F)(F)F)(c1ccc(Cl)c(Cl)c1)N(C)C(=O)Oc1ccccc1OC.COc1ccccc1OC(=O)N(C)[C@](CCCN1CCC2(CC1)c1ccccc1CS2=O)(CN(C)C(=O)CC(F)(F)F)c1ccc(Cl)c(Cl)c1.O=C(O)[C@@H](O)c1ccccc1.O=S1Cc2ccccc2C12CCNCC2.S.S.S.S.S. The monoisotopic (exact) mass is 1830 g/mol. The normalized spacial score (nSPS) is 16.6. The number of carboxylic acid groups (broad SMARTS) is 1. The van der Waals surface area contributed by atoms with Crippen LogP contribution in [0.5, 0.6) is 23.0 Å². The van der Waals surface area contributed by atoms with Gasteiger partial charge >= 0.3 is 30.5 Å². The van der Waals surface area contributed by atoms with Crippen molar-refractivity contribution >= 4 is 165 Å². The number of aliphatic carboxylic acids is 1. The molecular weight excluding hydrogens is 1730 g/mol. The highest BCUT2D eigenvalue weighted by Crippen LogP contribution is 2.49. The van der Waals surface area contributed by atoms with Crippen LogP contribution in [0.2, 0.25) is 20.1 Å². The Labute approximate surface area is 732 Å². The second-order valence-electron chi connectivity index (χ2n) is 27.2. The number of aliphatic hydroxyl groups excluding tert-OH is 1. The minimum atomic E-state index is -4.72. The molecule has 116 heavy (non-hydrogen) atoms. The van der Waals surface area contributed by atoms with Crippen molar-refractivity contribution in [2.24, 2.45) is 0 Å². The second-order valence-corrected chi connectivity index (χ2v) is 32.3. The number of benzene rings is 7. The van der Waals surface area contributed by atoms with Crippen LogP contribution in [-0.4, -0.2) is 174 Å². The zero-order valence-corrected chi connectivity index (χ0v) is 74.1. The van der Waals surface area contributed by atoms with E-state index in [9.17, 15) is 58.7 Å². The van der Waals surface area contributed by atoms with E-state index in [1.54, 1.807) is 97.1 Å². The van der Waals surface area contributed by atoms with Gasteiger partial charge in [-0.2, -0.15) is 93.8 Å². The minimum Gasteiger partial charge on any atom is -0.493 e. The Morgan fingerprint density at radius 3 is 1.34 bits per heavy atom. The lowest BCUT2D eigenvalue weighted by atomic mass is 9.82. The van der Waals surface area contributed by atoms with Crippen LogP contribution in [0.25, 0.3) is 0 Å². The number of rotatable bonds is 22. The molecule has 5 atom stereocenters. The van der Waals surface area contributed by atoms with Gasteiger partial charge in [-0.15, -0.1) is 6.58 Å². The third-order valence-corrected chi connectivity index (χ3v) is 25.9. The molecular formula is C80H98Cl4F6N6O13S7. The van der Waals surface area contributed by atoms with Crippen LogP contribution in [0.1, 0.15) is 103 Å². The predicted octanol–water partition coefficient (Wildman–Crippen LogP) is 17.0. The highest BCUT2D eigenvalue weighted by atomic mass is 35.5. The fraction of sp³-hybridized carbons (Fsp3) is 0.388. The van der Waals surface area contributed by atoms with Crippen LogP contribution in [-0.2, 0) is 68.1 Å². The van der Waals surface area contributed by atoms with Gasteiger partial charge in [0.25, 0.3) is 0 Å². The lowest BCUT2D eigenvalue weighted by Gasteiger charge is -2.45. The van der Waals surface area contributed by atoms with E-state index in [1.807, 2.05) is 18.2 Å². The van der Waals surface area contributed by atoms with Crippen molar-refractivity contribution in [2.75, 3.05) is 88.2 Å². The molecule has 4 heterocycles. The number of alkyl halides is 6. The largest absolute Gasteiger partial charge is 0.493 e. The quantitative estimate of drug-likeness (QED) is 0.0424. The maximum atomic E-state index is 13.9. The molecule has 638 valence electrons. The third kappa shape index (κ3) is 26.0. The van der Waals surface area contributed by atoms with Gasteiger partial charge in [0.05, 0.1) is 54.9 Å². The van der Waals surface area contributed by atoms with E-state index in [0.717, 1.165) is 59.9 Å². The standard InChI is InChI=1S/C36H40Cl2F3N3O5S.C24H25Cl2F3N2O4.C12H15NOS.C8H8O3.5H2S/c1-42(32(45)22-36(39,40)41)24-34(26-13-14-28(37)29(38)21-26,43(2)33(46)49-31-12-7-6-11-30(31)48-3)15-8-18-44-19-16-35(17-20-44)27-10-5-4-9-25(27)23-50(35)47;1-5-12-23(16-10-11-17(25)18(26)13-16,15-30(2)21(32)14-24(27,28)29)31(3)22(33)35-20-9-7-6-8-19(20)34-4;14-15-9-10-3-1-2-4-11(10)12(15)5-7-13-8-6-12;9-7(8(10)11)6-4-2-1-3-5-6;;;;;/h4-7,9-14,21H,8,15-20,22-24H2,1-3H3;5-11,13H,1,12,14-15H2,2-4H3;1-4,13H,5-9H2;1-5,7,9H,(H,10,11);5*1H2/t34-,50?;23-;;7-;;;;;/m11.0...../s1. The number of hydrogen-bond donors (Lipinski definition) is 3. The Morgan fingerprint density at radius 1 is 0.552 bits per heavy atom. The van der Waals surface area contributed by atoms with Crippen LogP contribution < -0.4 is 24.3 Å². The molecule has 11 rings (SSSR count). The fourth-order valence-electron chi connectivity index (χ4n) is 14.3. The number of nitrogens with zero attached hydrogens (tertiary/aromatic N) is 5. The average molecular weight is 1830 g/mol. The van der Waals surface area contributed by atoms with Gasteiger partial charge < -0.3 is 49.2 Å². The van der Waals surface area contributed by atoms with Crippen LogP contribution in [0, 0.1) is 0 Å². The summed E-state index contributed by atoms with van der Waals surface area (Å²) in [6.07, 6.45) is -10.0. The summed E-state index contributed by atoms with van der Waals surface area (Å²) in [7, 11) is 6.53. The lowest BCUT2D eigenvalue weighted by molar-refractivity contribution is -0.163. The number of aliphatic hydroxyl groups is 1. The van der Waals surface area contributed by atoms with Crippen LogP contribution >= 0.6 is 114 Å². The molecule has 2 spiro atoms. The van der Waals surface area contributed by atoms with Crippen LogP contribution in [0.4, 0.5) is 35.9 Å². The number of fused-ring (bicyclic) bond motifs is 4. The summed E-state index contributed by atoms with van der Waals surface area (Å²) < 4.78 is 126. The summed E-state index contributed by atoms with van der Waals surface area (Å²) in [4.78, 5) is 69.4. The van der Waals surface area contributed by atoms with E-state index < -0.39 is 93.9 Å². The summed E-state index contributed by atoms with van der Waals surface area (Å²) >= 11 is 25.0. The number of likely N-dealkylation sites (N-methyl/N-ethyl adjacent to an activating group) is 4. The molecule has 36 heteroatoms. The van der Waals surface area contributed by atoms with Crippen molar-refractivity contribution in [3.05, 3.63) is 235 Å². The summed E-state index contributed by atoms with van der Waals surface area (Å²) in [6, 6.07) is 47.1. The van der Waals surface area contributed by atoms with Gasteiger partial charge in [-0.05, 0) is 165 Å². The van der Waals surface area contributed by atoms with Gasteiger partial charge in [-0.3, -0.25) is 27.8 Å². The average Bonchev–Trinajstić information content (AvgIpc) is 1.68. The maximum absolute atomic E-state index is 13.9. The smallest absolute Gasteiger partial charge is 0.415 e. The predicted molar refractivity (Wildman–Crippen MR) is 469 cm³/mol. The Bertz CT molecular complexity index is 4490. The fourth-order valence-corrected chi connectivity index (χ4v) is 18.7. The van der Waals surface area contributed by atoms with Gasteiger partial charge in [0.1, 0.15) is 12.8 Å². The van der Waals surface area contributed by atoms with Crippen LogP contribution in [0.3, 0.4) is 0 Å². The van der Waals surface area contributed by atoms with E-state index in [2.05, 4.69) is 47.1 Å². The molecule has 0 bridgehead atoms. The molecule has 0 saturated carbocycles. The molecule has 0 radical (unpaired) electrons. The highest BCUT2D eigenvalue weighted by molar-refractivity contribution is 7.85. The number of ether oxygens (including phenoxy) is 4. The van der Waals surface area contributed by atoms with Gasteiger partial charge in [0.15, 0.2) is 29.1 Å². The molecule has 2 saturated heterocycles. The molecule has 3 N–H and O–H groups in total. The molecule has 19 nitrogen and oxygen atoms in total. The summed E-state index contributed by atoms with van der Waals surface area (Å²) in [6.45, 7) is 7.12. The number of amides is 4. The van der Waals surface area contributed by atoms with E-state index in [1.165, 1.54) is 93.2 Å². The maximum Gasteiger partial charge on any atom is 0.415 e. The van der Waals surface area contributed by atoms with Crippen molar-refractivity contribution in [2.45, 2.75) is 108 Å². The lowest BCUT2D eigenvalue weighted by Crippen LogP contribution is -2.55. The molecule has 7 aromatic carbocycles. The van der Waals surface area contributed by atoms with E-state index >= 15 is 0 Å². The first-order valence-electron chi connectivity index (χ1n) is 35.2. The number of halogens is 10. The number of nitrogens with one attached hydrogen (secondary N) is 1. The summed E-state index contributed by atoms with van der Waals surface area (Å²) in [5.74, 6) is -1.35. The topological polar surface area (TPSA) is 225 Å². The van der Waals surface area contributed by atoms with E-state index in [-0.39, 0.29) is 134 Å². The minimum absolute atomic E-state index is 0. The van der Waals surface area contributed by atoms with Gasteiger partial charge in [0, 0.05) is 74.4 Å². The molecule has 2 fully saturated rings. The van der Waals surface area contributed by atoms with Crippen molar-refractivity contribution < 1.29 is 87.9 Å². The molecule has 2 unspecified atom stereocenters. The van der Waals surface area contributed by atoms with Gasteiger partial charge in [-0.1, -0.05) is 168 Å². The number of para-hydroxylation sites is 4. The van der Waals surface area contributed by atoms with Crippen molar-refractivity contribution in [3.8, 4) is 23.0 Å². The van der Waals surface area contributed by atoms with E-state index in [0.29, 0.717) is 60.0 Å². The van der Waals surface area contributed by atoms with Crippen molar-refractivity contribution in [1.29, 1.82) is 0 Å². The third-order valence-electron chi connectivity index (χ3n) is 20.3. The molecule has 4 amide bonds. The first kappa shape index (κ1) is 104. The zero-order chi connectivity index (χ0) is 81.2. The number of carboxylic acids is 1. The number of hydrogen-bond acceptors (Lipinski definition) is 14. The van der Waals surface area contributed by atoms with E-state index in [4.69, 9.17) is 75.6 Å². The van der Waals surface area contributed by atoms with Gasteiger partial charge in [0.2, 0.25) is 11.8 Å². The first-order valence-corrected chi connectivity index (χ1v) is 39.4. The second kappa shape index (κ2) is 46.3. The number of carbonyl (C=O) groups excluding carboxylic acids is 4. The number of piperidine rings is 2. The van der Waals surface area contributed by atoms with Crippen molar-refractivity contribution in [1.82, 2.24) is 29.8 Å².